The standard InChI is InChI=1S/C10H11BrN2O2S/c11-9-3-5-10(6-4-9)16(14,15)13-8-2-1-7-12/h3-6,13H,1-2,8H2. The van der Waals surface area contributed by atoms with Crippen LogP contribution in [-0.4, -0.2) is 15.0 Å². The van der Waals surface area contributed by atoms with E-state index in [2.05, 4.69) is 20.7 Å². The van der Waals surface area contributed by atoms with Crippen molar-refractivity contribution < 1.29 is 8.42 Å². The molecule has 0 bridgehead atoms. The van der Waals surface area contributed by atoms with E-state index in [1.54, 1.807) is 12.1 Å². The van der Waals surface area contributed by atoms with E-state index in [-0.39, 0.29) is 11.4 Å². The van der Waals surface area contributed by atoms with Crippen molar-refractivity contribution in [3.05, 3.63) is 28.7 Å². The smallest absolute Gasteiger partial charge is 0.211 e. The number of nitrogens with one attached hydrogen (secondary N) is 1. The third-order valence-electron chi connectivity index (χ3n) is 1.88. The van der Waals surface area contributed by atoms with Gasteiger partial charge in [-0.3, -0.25) is 0 Å². The largest absolute Gasteiger partial charge is 0.240 e. The molecule has 0 amide bonds. The number of unbranched alkanes of at least 4 members (excludes halogenated alkanes) is 1. The zero-order valence-corrected chi connectivity index (χ0v) is 10.9. The molecule has 0 aliphatic rings. The summed E-state index contributed by atoms with van der Waals surface area (Å²) in [7, 11) is -3.44. The first-order valence-corrected chi connectivity index (χ1v) is 6.96. The van der Waals surface area contributed by atoms with Crippen LogP contribution in [0.3, 0.4) is 0 Å². The van der Waals surface area contributed by atoms with E-state index in [0.29, 0.717) is 12.8 Å². The second-order valence-electron chi connectivity index (χ2n) is 3.11. The summed E-state index contributed by atoms with van der Waals surface area (Å²) in [4.78, 5) is 0.229. The summed E-state index contributed by atoms with van der Waals surface area (Å²) in [6.45, 7) is 0.284. The predicted molar refractivity (Wildman–Crippen MR) is 64.2 cm³/mol. The molecule has 86 valence electrons. The molecule has 1 aromatic carbocycles. The van der Waals surface area contributed by atoms with Gasteiger partial charge in [-0.25, -0.2) is 13.1 Å². The normalized spacial score (nSPS) is 11.0. The molecule has 0 aliphatic carbocycles. The molecule has 0 aromatic heterocycles. The summed E-state index contributed by atoms with van der Waals surface area (Å²) < 4.78 is 26.7. The first-order valence-electron chi connectivity index (χ1n) is 4.68. The van der Waals surface area contributed by atoms with E-state index in [4.69, 9.17) is 5.26 Å². The van der Waals surface area contributed by atoms with E-state index in [1.165, 1.54) is 12.1 Å². The van der Waals surface area contributed by atoms with Crippen molar-refractivity contribution in [2.45, 2.75) is 17.7 Å². The van der Waals surface area contributed by atoms with Crippen molar-refractivity contribution >= 4 is 26.0 Å². The SMILES string of the molecule is N#CCCCNS(=O)(=O)c1ccc(Br)cc1. The molecule has 0 unspecified atom stereocenters. The number of hydrogen-bond donors (Lipinski definition) is 1. The first-order chi connectivity index (χ1) is 7.56. The van der Waals surface area contributed by atoms with Crippen LogP contribution in [0.1, 0.15) is 12.8 Å². The molecule has 0 saturated carbocycles. The van der Waals surface area contributed by atoms with Gasteiger partial charge in [0.15, 0.2) is 0 Å². The van der Waals surface area contributed by atoms with Gasteiger partial charge in [0.1, 0.15) is 0 Å². The van der Waals surface area contributed by atoms with Gasteiger partial charge in [-0.15, -0.1) is 0 Å². The summed E-state index contributed by atoms with van der Waals surface area (Å²) in [5.74, 6) is 0. The molecular formula is C10H11BrN2O2S. The fourth-order valence-corrected chi connectivity index (χ4v) is 2.41. The zero-order chi connectivity index (χ0) is 12.0. The molecule has 1 rings (SSSR count). The second-order valence-corrected chi connectivity index (χ2v) is 5.80. The van der Waals surface area contributed by atoms with Gasteiger partial charge >= 0.3 is 0 Å². The number of sulfonamides is 1. The van der Waals surface area contributed by atoms with Crippen LogP contribution in [0.25, 0.3) is 0 Å². The third kappa shape index (κ3) is 3.93. The Morgan fingerprint density at radius 1 is 1.31 bits per heavy atom. The molecule has 0 spiro atoms. The number of nitriles is 1. The first kappa shape index (κ1) is 13.2. The molecule has 4 nitrogen and oxygen atoms in total. The highest BCUT2D eigenvalue weighted by Crippen LogP contribution is 2.14. The van der Waals surface area contributed by atoms with Crippen molar-refractivity contribution in [3.63, 3.8) is 0 Å². The molecule has 0 radical (unpaired) electrons. The Balaban J connectivity index is 2.64. The van der Waals surface area contributed by atoms with Gasteiger partial charge in [0.2, 0.25) is 10.0 Å². The van der Waals surface area contributed by atoms with Crippen molar-refractivity contribution in [1.29, 1.82) is 5.26 Å². The molecule has 0 heterocycles. The van der Waals surface area contributed by atoms with Gasteiger partial charge in [0, 0.05) is 17.4 Å². The maximum Gasteiger partial charge on any atom is 0.240 e. The van der Waals surface area contributed by atoms with E-state index < -0.39 is 10.0 Å². The summed E-state index contributed by atoms with van der Waals surface area (Å²) in [6.07, 6.45) is 0.870. The Hall–Kier alpha value is -0.900. The lowest BCUT2D eigenvalue weighted by atomic mass is 10.3. The molecule has 0 fully saturated rings. The van der Waals surface area contributed by atoms with E-state index in [1.807, 2.05) is 6.07 Å². The highest BCUT2D eigenvalue weighted by molar-refractivity contribution is 9.10. The van der Waals surface area contributed by atoms with Gasteiger partial charge in [0.05, 0.1) is 11.0 Å². The fraction of sp³-hybridized carbons (Fsp3) is 0.300. The highest BCUT2D eigenvalue weighted by atomic mass is 79.9. The van der Waals surface area contributed by atoms with Crippen molar-refractivity contribution in [3.8, 4) is 6.07 Å². The molecule has 16 heavy (non-hydrogen) atoms. The van der Waals surface area contributed by atoms with E-state index in [0.717, 1.165) is 4.47 Å². The van der Waals surface area contributed by atoms with Crippen LogP contribution in [0.4, 0.5) is 0 Å². The molecule has 1 N–H and O–H groups in total. The predicted octanol–water partition coefficient (Wildman–Crippen LogP) is 2.03. The molecule has 0 saturated heterocycles. The zero-order valence-electron chi connectivity index (χ0n) is 8.48. The lowest BCUT2D eigenvalue weighted by Crippen LogP contribution is -2.24. The lowest BCUT2D eigenvalue weighted by Gasteiger charge is -2.05. The van der Waals surface area contributed by atoms with Gasteiger partial charge in [0.25, 0.3) is 0 Å². The topological polar surface area (TPSA) is 70.0 Å². The maximum atomic E-state index is 11.7. The van der Waals surface area contributed by atoms with E-state index >= 15 is 0 Å². The van der Waals surface area contributed by atoms with Gasteiger partial charge < -0.3 is 0 Å². The highest BCUT2D eigenvalue weighted by Gasteiger charge is 2.12. The minimum Gasteiger partial charge on any atom is -0.211 e. The van der Waals surface area contributed by atoms with Crippen LogP contribution in [-0.2, 0) is 10.0 Å². The molecule has 1 aromatic rings. The summed E-state index contributed by atoms with van der Waals surface area (Å²) in [6, 6.07) is 8.35. The van der Waals surface area contributed by atoms with Crippen molar-refractivity contribution in [1.82, 2.24) is 4.72 Å². The fourth-order valence-electron chi connectivity index (χ4n) is 1.07. The van der Waals surface area contributed by atoms with Crippen LogP contribution in [0.15, 0.2) is 33.6 Å². The van der Waals surface area contributed by atoms with Crippen LogP contribution in [0.5, 0.6) is 0 Å². The van der Waals surface area contributed by atoms with Crippen LogP contribution < -0.4 is 4.72 Å². The average Bonchev–Trinajstić information content (AvgIpc) is 2.25. The Morgan fingerprint density at radius 3 is 2.50 bits per heavy atom. The number of hydrogen-bond acceptors (Lipinski definition) is 3. The summed E-state index contributed by atoms with van der Waals surface area (Å²) >= 11 is 3.23. The minimum absolute atomic E-state index is 0.229. The van der Waals surface area contributed by atoms with E-state index in [9.17, 15) is 8.42 Å². The number of halogens is 1. The lowest BCUT2D eigenvalue weighted by molar-refractivity contribution is 0.579. The van der Waals surface area contributed by atoms with Crippen molar-refractivity contribution in [2.75, 3.05) is 6.54 Å². The van der Waals surface area contributed by atoms with Crippen LogP contribution in [0.2, 0.25) is 0 Å². The third-order valence-corrected chi connectivity index (χ3v) is 3.89. The molecule has 6 heteroatoms. The molecule has 0 atom stereocenters. The minimum atomic E-state index is -3.44. The maximum absolute atomic E-state index is 11.7. The Kier molecular flexibility index (Phi) is 4.93. The van der Waals surface area contributed by atoms with Gasteiger partial charge in [-0.1, -0.05) is 15.9 Å². The summed E-state index contributed by atoms with van der Waals surface area (Å²) in [5, 5.41) is 8.31. The summed E-state index contributed by atoms with van der Waals surface area (Å²) in [5.41, 5.74) is 0. The van der Waals surface area contributed by atoms with Gasteiger partial charge in [-0.2, -0.15) is 5.26 Å². The number of benzene rings is 1. The van der Waals surface area contributed by atoms with Crippen LogP contribution in [0, 0.1) is 11.3 Å². The monoisotopic (exact) mass is 302 g/mol. The number of nitrogens with zero attached hydrogens (tertiary/aromatic N) is 1. The van der Waals surface area contributed by atoms with Crippen LogP contribution >= 0.6 is 15.9 Å². The average molecular weight is 303 g/mol. The van der Waals surface area contributed by atoms with Crippen molar-refractivity contribution in [2.24, 2.45) is 0 Å². The Morgan fingerprint density at radius 2 is 1.94 bits per heavy atom. The number of rotatable bonds is 5. The quantitative estimate of drug-likeness (QED) is 0.846. The molecule has 0 aliphatic heterocycles. The molecular weight excluding hydrogens is 292 g/mol. The van der Waals surface area contributed by atoms with Gasteiger partial charge in [-0.05, 0) is 30.7 Å². The Labute approximate surface area is 103 Å². The second kappa shape index (κ2) is 5.99. The Bertz CT molecular complexity index is 477.